The topological polar surface area (TPSA) is 58.2 Å². The maximum absolute atomic E-state index is 12.9. The van der Waals surface area contributed by atoms with E-state index in [-0.39, 0.29) is 12.4 Å². The van der Waals surface area contributed by atoms with Crippen molar-refractivity contribution in [2.45, 2.75) is 20.4 Å². The van der Waals surface area contributed by atoms with Crippen molar-refractivity contribution in [1.29, 1.82) is 0 Å². The van der Waals surface area contributed by atoms with Crippen LogP contribution in [0.15, 0.2) is 48.5 Å². The maximum atomic E-state index is 12.9. The van der Waals surface area contributed by atoms with E-state index in [2.05, 4.69) is 10.6 Å². The normalized spacial score (nSPS) is 11.0. The Balaban J connectivity index is 1.99. The molecule has 0 saturated carbocycles. The molecule has 0 bridgehead atoms. The van der Waals surface area contributed by atoms with Crippen LogP contribution in [0.1, 0.15) is 19.4 Å². The molecule has 0 unspecified atom stereocenters. The Morgan fingerprint density at radius 2 is 1.67 bits per heavy atom. The van der Waals surface area contributed by atoms with Crippen LogP contribution >= 0.6 is 11.6 Å². The van der Waals surface area contributed by atoms with Crippen LogP contribution in [0.5, 0.6) is 0 Å². The van der Waals surface area contributed by atoms with Crippen LogP contribution in [0.3, 0.4) is 0 Å². The number of nitrogens with one attached hydrogen (secondary N) is 2. The maximum Gasteiger partial charge on any atom is 0.239 e. The van der Waals surface area contributed by atoms with Gasteiger partial charge >= 0.3 is 0 Å². The summed E-state index contributed by atoms with van der Waals surface area (Å²) in [6.45, 7) is 3.26. The number of hydrogen-bond acceptors (Lipinski definition) is 2. The average Bonchev–Trinajstić information content (AvgIpc) is 2.56. The second-order valence-electron chi connectivity index (χ2n) is 5.87. The molecule has 0 radical (unpaired) electrons. The molecule has 0 aliphatic rings. The van der Waals surface area contributed by atoms with E-state index in [0.717, 1.165) is 5.56 Å². The number of anilines is 1. The van der Waals surface area contributed by atoms with Crippen LogP contribution < -0.4 is 10.6 Å². The molecule has 126 valence electrons. The molecule has 0 saturated heterocycles. The van der Waals surface area contributed by atoms with Crippen molar-refractivity contribution in [3.05, 3.63) is 64.9 Å². The number of amides is 2. The quantitative estimate of drug-likeness (QED) is 0.808. The van der Waals surface area contributed by atoms with Crippen molar-refractivity contribution in [3.8, 4) is 0 Å². The van der Waals surface area contributed by atoms with Crippen molar-refractivity contribution in [1.82, 2.24) is 5.32 Å². The largest absolute Gasteiger partial charge is 0.351 e. The third kappa shape index (κ3) is 4.32. The number of para-hydroxylation sites is 1. The number of rotatable bonds is 5. The summed E-state index contributed by atoms with van der Waals surface area (Å²) in [4.78, 5) is 24.7. The summed E-state index contributed by atoms with van der Waals surface area (Å²) in [6, 6.07) is 12.6. The zero-order chi connectivity index (χ0) is 17.7. The van der Waals surface area contributed by atoms with Crippen molar-refractivity contribution in [3.63, 3.8) is 0 Å². The van der Waals surface area contributed by atoms with Gasteiger partial charge in [0.2, 0.25) is 11.8 Å². The highest BCUT2D eigenvalue weighted by Crippen LogP contribution is 2.24. The van der Waals surface area contributed by atoms with Crippen LogP contribution in [0, 0.1) is 11.2 Å². The number of hydrogen-bond donors (Lipinski definition) is 2. The van der Waals surface area contributed by atoms with Gasteiger partial charge in [0, 0.05) is 6.54 Å². The smallest absolute Gasteiger partial charge is 0.239 e. The molecule has 2 rings (SSSR count). The lowest BCUT2D eigenvalue weighted by molar-refractivity contribution is -0.138. The van der Waals surface area contributed by atoms with Gasteiger partial charge in [0.15, 0.2) is 0 Å². The van der Waals surface area contributed by atoms with E-state index < -0.39 is 17.2 Å². The van der Waals surface area contributed by atoms with Gasteiger partial charge in [0.05, 0.1) is 10.7 Å². The fourth-order valence-electron chi connectivity index (χ4n) is 1.95. The highest BCUT2D eigenvalue weighted by molar-refractivity contribution is 6.33. The third-order valence-electron chi connectivity index (χ3n) is 3.62. The standard InChI is InChI=1S/C18H18ClFN2O2/c1-18(2,17(24)22-15-6-4-3-5-14(15)19)16(23)21-11-12-7-9-13(20)10-8-12/h3-10H,11H2,1-2H3,(H,21,23)(H,22,24). The molecule has 2 N–H and O–H groups in total. The van der Waals surface area contributed by atoms with Crippen LogP contribution in [-0.2, 0) is 16.1 Å². The van der Waals surface area contributed by atoms with Gasteiger partial charge in [-0.15, -0.1) is 0 Å². The highest BCUT2D eigenvalue weighted by atomic mass is 35.5. The molecule has 0 aliphatic carbocycles. The van der Waals surface area contributed by atoms with Gasteiger partial charge in [-0.3, -0.25) is 9.59 Å². The molecule has 2 aromatic rings. The Bertz CT molecular complexity index is 745. The Labute approximate surface area is 145 Å². The van der Waals surface area contributed by atoms with Crippen molar-refractivity contribution < 1.29 is 14.0 Å². The molecule has 0 heterocycles. The van der Waals surface area contributed by atoms with Crippen molar-refractivity contribution in [2.75, 3.05) is 5.32 Å². The molecular weight excluding hydrogens is 331 g/mol. The molecule has 24 heavy (non-hydrogen) atoms. The molecular formula is C18H18ClFN2O2. The van der Waals surface area contributed by atoms with Crippen LogP contribution in [-0.4, -0.2) is 11.8 Å². The van der Waals surface area contributed by atoms with E-state index >= 15 is 0 Å². The fourth-order valence-corrected chi connectivity index (χ4v) is 2.13. The van der Waals surface area contributed by atoms with Gasteiger partial charge in [-0.25, -0.2) is 4.39 Å². The Hall–Kier alpha value is -2.40. The molecule has 6 heteroatoms. The summed E-state index contributed by atoms with van der Waals surface area (Å²) in [5.74, 6) is -1.24. The highest BCUT2D eigenvalue weighted by Gasteiger charge is 2.36. The van der Waals surface area contributed by atoms with Gasteiger partial charge in [-0.2, -0.15) is 0 Å². The summed E-state index contributed by atoms with van der Waals surface area (Å²) in [7, 11) is 0. The minimum Gasteiger partial charge on any atom is -0.351 e. The third-order valence-corrected chi connectivity index (χ3v) is 3.95. The minimum atomic E-state index is -1.29. The molecule has 0 aliphatic heterocycles. The number of benzene rings is 2. The molecule has 2 aromatic carbocycles. The number of halogens is 2. The fraction of sp³-hybridized carbons (Fsp3) is 0.222. The Kier molecular flexibility index (Phi) is 5.57. The summed E-state index contributed by atoms with van der Waals surface area (Å²) < 4.78 is 12.9. The molecule has 2 amide bonds. The van der Waals surface area contributed by atoms with Crippen LogP contribution in [0.25, 0.3) is 0 Å². The first-order chi connectivity index (χ1) is 11.3. The predicted octanol–water partition coefficient (Wildman–Crippen LogP) is 3.76. The second kappa shape index (κ2) is 7.45. The first kappa shape index (κ1) is 17.9. The average molecular weight is 349 g/mol. The first-order valence-electron chi connectivity index (χ1n) is 7.39. The Morgan fingerprint density at radius 1 is 1.04 bits per heavy atom. The number of carbonyl (C=O) groups is 2. The number of carbonyl (C=O) groups excluding carboxylic acids is 2. The van der Waals surface area contributed by atoms with Gasteiger partial charge in [0.25, 0.3) is 0 Å². The van der Waals surface area contributed by atoms with Crippen LogP contribution in [0.4, 0.5) is 10.1 Å². The molecule has 0 aromatic heterocycles. The molecule has 0 fully saturated rings. The lowest BCUT2D eigenvalue weighted by Crippen LogP contribution is -2.44. The van der Waals surface area contributed by atoms with E-state index in [4.69, 9.17) is 11.6 Å². The van der Waals surface area contributed by atoms with E-state index in [1.807, 2.05) is 0 Å². The molecule has 0 spiro atoms. The van der Waals surface area contributed by atoms with E-state index in [1.165, 1.54) is 26.0 Å². The summed E-state index contributed by atoms with van der Waals surface area (Å²) in [6.07, 6.45) is 0. The zero-order valence-corrected chi connectivity index (χ0v) is 14.2. The lowest BCUT2D eigenvalue weighted by Gasteiger charge is -2.23. The van der Waals surface area contributed by atoms with Crippen LogP contribution in [0.2, 0.25) is 5.02 Å². The zero-order valence-electron chi connectivity index (χ0n) is 13.4. The first-order valence-corrected chi connectivity index (χ1v) is 7.77. The minimum absolute atomic E-state index is 0.210. The van der Waals surface area contributed by atoms with Crippen molar-refractivity contribution in [2.24, 2.45) is 5.41 Å². The van der Waals surface area contributed by atoms with Gasteiger partial charge in [-0.05, 0) is 43.7 Å². The van der Waals surface area contributed by atoms with E-state index in [9.17, 15) is 14.0 Å². The van der Waals surface area contributed by atoms with E-state index in [1.54, 1.807) is 36.4 Å². The summed E-state index contributed by atoms with van der Waals surface area (Å²) >= 11 is 6.01. The SMILES string of the molecule is CC(C)(C(=O)NCc1ccc(F)cc1)C(=O)Nc1ccccc1Cl. The lowest BCUT2D eigenvalue weighted by atomic mass is 9.90. The molecule has 0 atom stereocenters. The van der Waals surface area contributed by atoms with Gasteiger partial charge in [0.1, 0.15) is 11.2 Å². The summed E-state index contributed by atoms with van der Waals surface area (Å²) in [5, 5.41) is 5.74. The van der Waals surface area contributed by atoms with Gasteiger partial charge in [-0.1, -0.05) is 35.9 Å². The second-order valence-corrected chi connectivity index (χ2v) is 6.28. The molecule has 4 nitrogen and oxygen atoms in total. The van der Waals surface area contributed by atoms with Gasteiger partial charge < -0.3 is 10.6 Å². The predicted molar refractivity (Wildman–Crippen MR) is 92.1 cm³/mol. The Morgan fingerprint density at radius 3 is 2.29 bits per heavy atom. The van der Waals surface area contributed by atoms with Crippen molar-refractivity contribution >= 4 is 29.1 Å². The summed E-state index contributed by atoms with van der Waals surface area (Å²) in [5.41, 5.74) is -0.102. The van der Waals surface area contributed by atoms with E-state index in [0.29, 0.717) is 10.7 Å². The monoisotopic (exact) mass is 348 g/mol.